The van der Waals surface area contributed by atoms with E-state index in [1.54, 1.807) is 0 Å². The molecule has 0 radical (unpaired) electrons. The fraction of sp³-hybridized carbons (Fsp3) is 0.189. The van der Waals surface area contributed by atoms with Crippen LogP contribution in [0.1, 0.15) is 42.3 Å². The van der Waals surface area contributed by atoms with Gasteiger partial charge in [-0.25, -0.2) is 0 Å². The molecule has 4 aromatic carbocycles. The summed E-state index contributed by atoms with van der Waals surface area (Å²) in [6.07, 6.45) is 8.96. The summed E-state index contributed by atoms with van der Waals surface area (Å²) in [4.78, 5) is 2.35. The Bertz CT molecular complexity index is 1560. The number of rotatable bonds is 8. The molecule has 1 aliphatic rings. The Morgan fingerprint density at radius 2 is 1.40 bits per heavy atom. The van der Waals surface area contributed by atoms with Crippen molar-refractivity contribution in [1.29, 1.82) is 0 Å². The van der Waals surface area contributed by atoms with Gasteiger partial charge in [-0.1, -0.05) is 109 Å². The van der Waals surface area contributed by atoms with Gasteiger partial charge < -0.3 is 15.5 Å². The van der Waals surface area contributed by atoms with Crippen molar-refractivity contribution in [2.75, 3.05) is 32.6 Å². The van der Waals surface area contributed by atoms with Crippen LogP contribution in [0.3, 0.4) is 0 Å². The summed E-state index contributed by atoms with van der Waals surface area (Å²) in [7, 11) is 6.16. The van der Waals surface area contributed by atoms with Gasteiger partial charge in [0.15, 0.2) is 0 Å². The first kappa shape index (κ1) is 27.4. The Morgan fingerprint density at radius 3 is 2.05 bits per heavy atom. The number of hydrogen-bond acceptors (Lipinski definition) is 3. The van der Waals surface area contributed by atoms with Gasteiger partial charge in [0.2, 0.25) is 0 Å². The molecule has 0 unspecified atom stereocenters. The van der Waals surface area contributed by atoms with E-state index in [4.69, 9.17) is 0 Å². The molecule has 0 amide bonds. The molecule has 0 aliphatic carbocycles. The molecule has 0 atom stereocenters. The van der Waals surface area contributed by atoms with Crippen molar-refractivity contribution in [3.05, 3.63) is 131 Å². The van der Waals surface area contributed by atoms with Gasteiger partial charge in [-0.3, -0.25) is 0 Å². The average Bonchev–Trinajstić information content (AvgIpc) is 3.01. The Morgan fingerprint density at radius 1 is 0.725 bits per heavy atom. The first-order chi connectivity index (χ1) is 19.6. The summed E-state index contributed by atoms with van der Waals surface area (Å²) in [5.41, 5.74) is 13.6. The smallest absolute Gasteiger partial charge is 0.0830 e. The van der Waals surface area contributed by atoms with E-state index in [1.165, 1.54) is 61.3 Å². The number of nitrogens with zero attached hydrogens (tertiary/aromatic N) is 1. The van der Waals surface area contributed by atoms with Crippen LogP contribution in [0.4, 0.5) is 5.69 Å². The summed E-state index contributed by atoms with van der Waals surface area (Å²) < 4.78 is 0. The van der Waals surface area contributed by atoms with Gasteiger partial charge in [0.25, 0.3) is 0 Å². The van der Waals surface area contributed by atoms with Crippen molar-refractivity contribution < 1.29 is 0 Å². The van der Waals surface area contributed by atoms with Crippen LogP contribution in [0.2, 0.25) is 0 Å². The average molecular weight is 526 g/mol. The fourth-order valence-electron chi connectivity index (χ4n) is 5.86. The topological polar surface area (TPSA) is 27.3 Å². The highest BCUT2D eigenvalue weighted by atomic mass is 15.1. The lowest BCUT2D eigenvalue weighted by Gasteiger charge is -2.28. The molecular formula is C37H39N3. The standard InChI is InChI=1S/C37H39N3/c1-6-31(26-13-9-8-10-14-26)32(7-2)27-18-20-28(21-19-27)33-23-22-30(37(38-3)39-4)25-35(33)34-17-11-15-29-16-12-24-40(5)36(29)34/h6-23,25,37-39H,24H2,1-5H3/b31-6-,32-7-. The Labute approximate surface area is 239 Å². The van der Waals surface area contributed by atoms with Gasteiger partial charge in [0, 0.05) is 19.2 Å². The monoisotopic (exact) mass is 525 g/mol. The molecule has 0 aromatic heterocycles. The third kappa shape index (κ3) is 5.31. The normalized spacial score (nSPS) is 13.6. The van der Waals surface area contributed by atoms with Gasteiger partial charge >= 0.3 is 0 Å². The van der Waals surface area contributed by atoms with Crippen LogP contribution in [0.5, 0.6) is 0 Å². The van der Waals surface area contributed by atoms with E-state index in [2.05, 4.69) is 152 Å². The molecule has 0 spiro atoms. The quantitative estimate of drug-likeness (QED) is 0.179. The molecule has 4 aromatic rings. The van der Waals surface area contributed by atoms with Crippen molar-refractivity contribution in [3.63, 3.8) is 0 Å². The summed E-state index contributed by atoms with van der Waals surface area (Å²) >= 11 is 0. The van der Waals surface area contributed by atoms with Gasteiger partial charge in [-0.15, -0.1) is 0 Å². The molecule has 202 valence electrons. The van der Waals surface area contributed by atoms with Crippen molar-refractivity contribution in [2.24, 2.45) is 0 Å². The van der Waals surface area contributed by atoms with Crippen molar-refractivity contribution >= 4 is 22.9 Å². The van der Waals surface area contributed by atoms with E-state index in [9.17, 15) is 0 Å². The minimum Gasteiger partial charge on any atom is -0.370 e. The molecule has 40 heavy (non-hydrogen) atoms. The van der Waals surface area contributed by atoms with E-state index >= 15 is 0 Å². The number of allylic oxidation sites excluding steroid dienone is 4. The zero-order valence-electron chi connectivity index (χ0n) is 24.2. The van der Waals surface area contributed by atoms with Crippen LogP contribution in [0.15, 0.2) is 109 Å². The second-order valence-electron chi connectivity index (χ2n) is 10.2. The number of hydrogen-bond donors (Lipinski definition) is 2. The van der Waals surface area contributed by atoms with E-state index in [0.717, 1.165) is 6.54 Å². The van der Waals surface area contributed by atoms with E-state index in [1.807, 2.05) is 14.1 Å². The van der Waals surface area contributed by atoms with Crippen molar-refractivity contribution in [1.82, 2.24) is 10.6 Å². The number of benzene rings is 4. The molecular weight excluding hydrogens is 486 g/mol. The molecule has 1 aliphatic heterocycles. The van der Waals surface area contributed by atoms with Gasteiger partial charge in [0.1, 0.15) is 0 Å². The van der Waals surface area contributed by atoms with E-state index in [-0.39, 0.29) is 6.17 Å². The fourth-order valence-corrected chi connectivity index (χ4v) is 5.86. The molecule has 3 heteroatoms. The predicted molar refractivity (Wildman–Crippen MR) is 174 cm³/mol. The second kappa shape index (κ2) is 12.3. The summed E-state index contributed by atoms with van der Waals surface area (Å²) in [6, 6.07) is 33.2. The lowest BCUT2D eigenvalue weighted by Crippen LogP contribution is -2.28. The van der Waals surface area contributed by atoms with Crippen LogP contribution in [-0.4, -0.2) is 27.7 Å². The maximum absolute atomic E-state index is 3.39. The zero-order valence-corrected chi connectivity index (χ0v) is 24.2. The SMILES string of the molecule is C/C=C(\C(=C/C)c1ccc(-c2ccc(C(NC)NC)cc2-c2cccc3c2N(C)CC=C3)cc1)c1ccccc1. The van der Waals surface area contributed by atoms with Gasteiger partial charge in [-0.05, 0) is 84.1 Å². The molecule has 0 bridgehead atoms. The molecule has 0 saturated heterocycles. The maximum Gasteiger partial charge on any atom is 0.0830 e. The van der Waals surface area contributed by atoms with Crippen LogP contribution in [0.25, 0.3) is 39.5 Å². The molecule has 2 N–H and O–H groups in total. The third-order valence-electron chi connectivity index (χ3n) is 7.83. The number of nitrogens with one attached hydrogen (secondary N) is 2. The highest BCUT2D eigenvalue weighted by Gasteiger charge is 2.20. The summed E-state index contributed by atoms with van der Waals surface area (Å²) in [5.74, 6) is 0. The molecule has 5 rings (SSSR count). The van der Waals surface area contributed by atoms with Crippen LogP contribution < -0.4 is 15.5 Å². The molecule has 0 fully saturated rings. The van der Waals surface area contributed by atoms with Crippen LogP contribution in [-0.2, 0) is 0 Å². The Balaban J connectivity index is 1.61. The first-order valence-corrected chi connectivity index (χ1v) is 14.1. The molecule has 0 saturated carbocycles. The number of anilines is 1. The number of fused-ring (bicyclic) bond motifs is 1. The maximum atomic E-state index is 3.39. The highest BCUT2D eigenvalue weighted by Crippen LogP contribution is 2.42. The zero-order chi connectivity index (χ0) is 28.1. The van der Waals surface area contributed by atoms with E-state index < -0.39 is 0 Å². The van der Waals surface area contributed by atoms with E-state index in [0.29, 0.717) is 0 Å². The molecule has 1 heterocycles. The van der Waals surface area contributed by atoms with Gasteiger partial charge in [0.05, 0.1) is 11.9 Å². The van der Waals surface area contributed by atoms with Crippen molar-refractivity contribution in [3.8, 4) is 22.3 Å². The minimum absolute atomic E-state index is 0.0711. The highest BCUT2D eigenvalue weighted by molar-refractivity contribution is 6.05. The van der Waals surface area contributed by atoms with Crippen LogP contribution in [0, 0.1) is 0 Å². The lowest BCUT2D eigenvalue weighted by molar-refractivity contribution is 0.520. The Kier molecular flexibility index (Phi) is 8.45. The second-order valence-corrected chi connectivity index (χ2v) is 10.2. The van der Waals surface area contributed by atoms with Crippen molar-refractivity contribution in [2.45, 2.75) is 20.0 Å². The minimum atomic E-state index is 0.0711. The first-order valence-electron chi connectivity index (χ1n) is 14.1. The summed E-state index contributed by atoms with van der Waals surface area (Å²) in [5, 5.41) is 6.78. The predicted octanol–water partition coefficient (Wildman–Crippen LogP) is 8.43. The Hall–Kier alpha value is -4.18. The van der Waals surface area contributed by atoms with Gasteiger partial charge in [-0.2, -0.15) is 0 Å². The molecule has 3 nitrogen and oxygen atoms in total. The van der Waals surface area contributed by atoms with Crippen LogP contribution >= 0.6 is 0 Å². The lowest BCUT2D eigenvalue weighted by atomic mass is 9.87. The third-order valence-corrected chi connectivity index (χ3v) is 7.83. The summed E-state index contributed by atoms with van der Waals surface area (Å²) in [6.45, 7) is 5.14. The largest absolute Gasteiger partial charge is 0.370 e. The number of para-hydroxylation sites is 1. The number of likely N-dealkylation sites (N-methyl/N-ethyl adjacent to an activating group) is 1.